The highest BCUT2D eigenvalue weighted by Gasteiger charge is 2.04. The van der Waals surface area contributed by atoms with E-state index in [0.29, 0.717) is 5.56 Å². The second kappa shape index (κ2) is 10.3. The van der Waals surface area contributed by atoms with E-state index in [9.17, 15) is 4.79 Å². The molecule has 29 heavy (non-hydrogen) atoms. The molecule has 0 aliphatic heterocycles. The Morgan fingerprint density at radius 2 is 1.52 bits per heavy atom. The van der Waals surface area contributed by atoms with E-state index in [0.717, 1.165) is 37.5 Å². The van der Waals surface area contributed by atoms with Crippen molar-refractivity contribution in [3.8, 4) is 0 Å². The van der Waals surface area contributed by atoms with Crippen LogP contribution in [-0.4, -0.2) is 39.1 Å². The predicted molar refractivity (Wildman–Crippen MR) is 121 cm³/mol. The van der Waals surface area contributed by atoms with Crippen LogP contribution in [-0.2, 0) is 12.8 Å². The summed E-state index contributed by atoms with van der Waals surface area (Å²) < 4.78 is 0. The summed E-state index contributed by atoms with van der Waals surface area (Å²) >= 11 is 0. The molecule has 0 spiro atoms. The molecule has 0 atom stereocenters. The minimum absolute atomic E-state index is 0.0639. The van der Waals surface area contributed by atoms with Crippen molar-refractivity contribution in [3.05, 3.63) is 83.4 Å². The summed E-state index contributed by atoms with van der Waals surface area (Å²) in [6.45, 7) is 1.55. The van der Waals surface area contributed by atoms with E-state index in [1.165, 1.54) is 16.3 Å². The molecule has 5 heteroatoms. The minimum Gasteiger partial charge on any atom is -0.356 e. The SMILES string of the molecule is CN=C(NCCc1cccc(C(=O)NC)c1)NCCc1ccc2ccccc2c1. The summed E-state index contributed by atoms with van der Waals surface area (Å²) in [7, 11) is 3.42. The van der Waals surface area contributed by atoms with Gasteiger partial charge < -0.3 is 16.0 Å². The Labute approximate surface area is 172 Å². The van der Waals surface area contributed by atoms with Gasteiger partial charge in [-0.25, -0.2) is 0 Å². The average molecular weight is 389 g/mol. The molecule has 0 bridgehead atoms. The summed E-state index contributed by atoms with van der Waals surface area (Å²) in [4.78, 5) is 16.0. The third-order valence-corrected chi connectivity index (χ3v) is 4.87. The van der Waals surface area contributed by atoms with Crippen LogP contribution in [0.4, 0.5) is 0 Å². The first-order chi connectivity index (χ1) is 14.2. The standard InChI is InChI=1S/C24H28N4O/c1-25-23(29)22-9-5-6-18(17-22)12-14-27-24(26-2)28-15-13-19-10-11-20-7-3-4-8-21(20)16-19/h3-11,16-17H,12-15H2,1-2H3,(H,25,29)(H2,26,27,28). The first kappa shape index (κ1) is 20.4. The van der Waals surface area contributed by atoms with Gasteiger partial charge >= 0.3 is 0 Å². The molecule has 0 saturated carbocycles. The van der Waals surface area contributed by atoms with Crippen molar-refractivity contribution in [3.63, 3.8) is 0 Å². The van der Waals surface area contributed by atoms with Crippen LogP contribution in [0.1, 0.15) is 21.5 Å². The number of fused-ring (bicyclic) bond motifs is 1. The molecular formula is C24H28N4O. The van der Waals surface area contributed by atoms with Crippen molar-refractivity contribution in [2.24, 2.45) is 4.99 Å². The molecule has 0 saturated heterocycles. The van der Waals surface area contributed by atoms with Crippen molar-refractivity contribution in [1.29, 1.82) is 0 Å². The van der Waals surface area contributed by atoms with Gasteiger partial charge in [0.15, 0.2) is 5.96 Å². The minimum atomic E-state index is -0.0639. The number of amides is 1. The summed E-state index contributed by atoms with van der Waals surface area (Å²) in [5.41, 5.74) is 3.10. The Balaban J connectivity index is 1.45. The van der Waals surface area contributed by atoms with E-state index >= 15 is 0 Å². The molecule has 0 heterocycles. The second-order valence-corrected chi connectivity index (χ2v) is 6.89. The zero-order valence-electron chi connectivity index (χ0n) is 17.0. The lowest BCUT2D eigenvalue weighted by Gasteiger charge is -2.12. The molecular weight excluding hydrogens is 360 g/mol. The van der Waals surface area contributed by atoms with Gasteiger partial charge in [0.1, 0.15) is 0 Å². The van der Waals surface area contributed by atoms with Crippen molar-refractivity contribution in [2.45, 2.75) is 12.8 Å². The van der Waals surface area contributed by atoms with Crippen molar-refractivity contribution >= 4 is 22.6 Å². The van der Waals surface area contributed by atoms with Gasteiger partial charge in [-0.2, -0.15) is 0 Å². The van der Waals surface area contributed by atoms with Gasteiger partial charge in [0.2, 0.25) is 0 Å². The number of rotatable bonds is 7. The molecule has 0 aliphatic carbocycles. The maximum absolute atomic E-state index is 11.7. The fraction of sp³-hybridized carbons (Fsp3) is 0.250. The number of aliphatic imine (C=N–C) groups is 1. The number of nitrogens with zero attached hydrogens (tertiary/aromatic N) is 1. The van der Waals surface area contributed by atoms with Gasteiger partial charge in [-0.3, -0.25) is 9.79 Å². The van der Waals surface area contributed by atoms with Crippen LogP contribution in [0.25, 0.3) is 10.8 Å². The third kappa shape index (κ3) is 5.82. The van der Waals surface area contributed by atoms with E-state index in [2.05, 4.69) is 63.4 Å². The lowest BCUT2D eigenvalue weighted by atomic mass is 10.1. The summed E-state index contributed by atoms with van der Waals surface area (Å²) in [5, 5.41) is 11.9. The van der Waals surface area contributed by atoms with E-state index in [-0.39, 0.29) is 5.91 Å². The molecule has 150 valence electrons. The first-order valence-electron chi connectivity index (χ1n) is 9.93. The molecule has 0 radical (unpaired) electrons. The average Bonchev–Trinajstić information content (AvgIpc) is 2.77. The zero-order chi connectivity index (χ0) is 20.5. The highest BCUT2D eigenvalue weighted by molar-refractivity contribution is 5.94. The molecule has 3 aromatic carbocycles. The van der Waals surface area contributed by atoms with Gasteiger partial charge in [-0.15, -0.1) is 0 Å². The maximum atomic E-state index is 11.7. The molecule has 1 amide bonds. The largest absolute Gasteiger partial charge is 0.356 e. The summed E-state index contributed by atoms with van der Waals surface area (Å²) in [6.07, 6.45) is 1.75. The normalized spacial score (nSPS) is 11.3. The van der Waals surface area contributed by atoms with Gasteiger partial charge in [0.05, 0.1) is 0 Å². The Hall–Kier alpha value is -3.34. The fourth-order valence-corrected chi connectivity index (χ4v) is 3.28. The Morgan fingerprint density at radius 1 is 0.828 bits per heavy atom. The van der Waals surface area contributed by atoms with Crippen molar-refractivity contribution in [1.82, 2.24) is 16.0 Å². The lowest BCUT2D eigenvalue weighted by molar-refractivity contribution is 0.0963. The molecule has 3 N–H and O–H groups in total. The third-order valence-electron chi connectivity index (χ3n) is 4.87. The van der Waals surface area contributed by atoms with Gasteiger partial charge in [-0.1, -0.05) is 54.6 Å². The number of carbonyl (C=O) groups is 1. The molecule has 0 unspecified atom stereocenters. The maximum Gasteiger partial charge on any atom is 0.251 e. The van der Waals surface area contributed by atoms with Gasteiger partial charge in [0.25, 0.3) is 5.91 Å². The van der Waals surface area contributed by atoms with Crippen LogP contribution in [0.3, 0.4) is 0 Å². The predicted octanol–water partition coefficient (Wildman–Crippen LogP) is 3.15. The van der Waals surface area contributed by atoms with Crippen molar-refractivity contribution < 1.29 is 4.79 Å². The number of hydrogen-bond donors (Lipinski definition) is 3. The van der Waals surface area contributed by atoms with Crippen LogP contribution in [0.5, 0.6) is 0 Å². The number of carbonyl (C=O) groups excluding carboxylic acids is 1. The van der Waals surface area contributed by atoms with Crippen LogP contribution in [0, 0.1) is 0 Å². The number of guanidine groups is 1. The van der Waals surface area contributed by atoms with E-state index < -0.39 is 0 Å². The van der Waals surface area contributed by atoms with E-state index in [1.54, 1.807) is 14.1 Å². The second-order valence-electron chi connectivity index (χ2n) is 6.89. The van der Waals surface area contributed by atoms with Gasteiger partial charge in [-0.05, 0) is 46.9 Å². The Kier molecular flexibility index (Phi) is 7.22. The zero-order valence-corrected chi connectivity index (χ0v) is 17.0. The molecule has 3 rings (SSSR count). The molecule has 0 aliphatic rings. The van der Waals surface area contributed by atoms with Crippen LogP contribution in [0.2, 0.25) is 0 Å². The van der Waals surface area contributed by atoms with Crippen molar-refractivity contribution in [2.75, 3.05) is 27.2 Å². The molecule has 5 nitrogen and oxygen atoms in total. The van der Waals surface area contributed by atoms with Gasteiger partial charge in [0, 0.05) is 32.7 Å². The number of benzene rings is 3. The Morgan fingerprint density at radius 3 is 2.21 bits per heavy atom. The van der Waals surface area contributed by atoms with Crippen LogP contribution >= 0.6 is 0 Å². The molecule has 0 aromatic heterocycles. The highest BCUT2D eigenvalue weighted by Crippen LogP contribution is 2.15. The Bertz CT molecular complexity index is 997. The number of nitrogens with one attached hydrogen (secondary N) is 3. The molecule has 0 fully saturated rings. The quantitative estimate of drug-likeness (QED) is 0.430. The fourth-order valence-electron chi connectivity index (χ4n) is 3.28. The lowest BCUT2D eigenvalue weighted by Crippen LogP contribution is -2.39. The van der Waals surface area contributed by atoms with Crippen LogP contribution in [0.15, 0.2) is 71.7 Å². The van der Waals surface area contributed by atoms with E-state index in [1.807, 2.05) is 24.3 Å². The summed E-state index contributed by atoms with van der Waals surface area (Å²) in [6, 6.07) is 22.7. The smallest absolute Gasteiger partial charge is 0.251 e. The number of hydrogen-bond acceptors (Lipinski definition) is 2. The summed E-state index contributed by atoms with van der Waals surface area (Å²) in [5.74, 6) is 0.722. The highest BCUT2D eigenvalue weighted by atomic mass is 16.1. The van der Waals surface area contributed by atoms with Crippen LogP contribution < -0.4 is 16.0 Å². The monoisotopic (exact) mass is 388 g/mol. The molecule has 3 aromatic rings. The first-order valence-corrected chi connectivity index (χ1v) is 9.93. The topological polar surface area (TPSA) is 65.5 Å². The van der Waals surface area contributed by atoms with E-state index in [4.69, 9.17) is 0 Å².